The molecule has 120 valence electrons. The van der Waals surface area contributed by atoms with Crippen molar-refractivity contribution in [3.63, 3.8) is 0 Å². The predicted octanol–water partition coefficient (Wildman–Crippen LogP) is 2.23. The van der Waals surface area contributed by atoms with Crippen LogP contribution in [0.3, 0.4) is 0 Å². The molecule has 1 aliphatic heterocycles. The van der Waals surface area contributed by atoms with Gasteiger partial charge in [0.05, 0.1) is 19.3 Å². The molecule has 0 spiro atoms. The van der Waals surface area contributed by atoms with Crippen molar-refractivity contribution in [3.8, 4) is 0 Å². The van der Waals surface area contributed by atoms with Crippen molar-refractivity contribution in [2.45, 2.75) is 31.5 Å². The zero-order valence-corrected chi connectivity index (χ0v) is 13.5. The minimum absolute atomic E-state index is 0.389. The Balaban J connectivity index is 1.40. The molecule has 6 heteroatoms. The Kier molecular flexibility index (Phi) is 5.61. The number of H-pyrrole nitrogens is 1. The summed E-state index contributed by atoms with van der Waals surface area (Å²) in [6.07, 6.45) is 5.56. The Bertz CT molecular complexity index is 530. The van der Waals surface area contributed by atoms with Crippen molar-refractivity contribution in [2.24, 2.45) is 0 Å². The summed E-state index contributed by atoms with van der Waals surface area (Å²) in [5.74, 6) is 1.51. The van der Waals surface area contributed by atoms with Crippen LogP contribution in [0.2, 0.25) is 0 Å². The second-order valence-electron chi connectivity index (χ2n) is 5.82. The van der Waals surface area contributed by atoms with Gasteiger partial charge in [-0.25, -0.2) is 4.98 Å². The second kappa shape index (κ2) is 7.87. The molecule has 0 unspecified atom stereocenters. The second-order valence-corrected chi connectivity index (χ2v) is 6.85. The number of nitrogens with zero attached hydrogens (tertiary/aromatic N) is 2. The normalized spacial score (nSPS) is 21.0. The monoisotopic (exact) mass is 321 g/mol. The molecular formula is C16H23N3O2S. The summed E-state index contributed by atoms with van der Waals surface area (Å²) in [5, 5.41) is 12.2. The predicted molar refractivity (Wildman–Crippen MR) is 87.0 cm³/mol. The number of nitrogens with one attached hydrogen (secondary N) is 1. The summed E-state index contributed by atoms with van der Waals surface area (Å²) >= 11 is 1.68. The quantitative estimate of drug-likeness (QED) is 0.821. The molecule has 0 aliphatic carbocycles. The van der Waals surface area contributed by atoms with Gasteiger partial charge < -0.3 is 14.8 Å². The first-order valence-electron chi connectivity index (χ1n) is 7.81. The van der Waals surface area contributed by atoms with Crippen LogP contribution in [0.25, 0.3) is 0 Å². The van der Waals surface area contributed by atoms with Gasteiger partial charge in [-0.1, -0.05) is 6.07 Å². The molecule has 2 aromatic rings. The first-order chi connectivity index (χ1) is 10.8. The highest BCUT2D eigenvalue weighted by Gasteiger charge is 2.24. The van der Waals surface area contributed by atoms with Gasteiger partial charge in [0.2, 0.25) is 0 Å². The van der Waals surface area contributed by atoms with Crippen LogP contribution in [0.1, 0.15) is 29.5 Å². The molecule has 0 amide bonds. The summed E-state index contributed by atoms with van der Waals surface area (Å²) in [7, 11) is 0. The van der Waals surface area contributed by atoms with Crippen LogP contribution in [-0.4, -0.2) is 52.3 Å². The van der Waals surface area contributed by atoms with Gasteiger partial charge in [-0.05, 0) is 30.8 Å². The fourth-order valence-corrected chi connectivity index (χ4v) is 3.63. The van der Waals surface area contributed by atoms with Gasteiger partial charge in [0.25, 0.3) is 0 Å². The minimum Gasteiger partial charge on any atom is -0.389 e. The van der Waals surface area contributed by atoms with Crippen LogP contribution < -0.4 is 0 Å². The number of hydrogen-bond acceptors (Lipinski definition) is 5. The molecule has 0 aromatic carbocycles. The first-order valence-corrected chi connectivity index (χ1v) is 8.69. The molecule has 0 bridgehead atoms. The Morgan fingerprint density at radius 1 is 1.55 bits per heavy atom. The summed E-state index contributed by atoms with van der Waals surface area (Å²) in [4.78, 5) is 11.1. The van der Waals surface area contributed by atoms with Gasteiger partial charge in [0.15, 0.2) is 0 Å². The number of aliphatic hydroxyl groups excluding tert-OH is 1. The van der Waals surface area contributed by atoms with E-state index in [2.05, 4.69) is 20.9 Å². The summed E-state index contributed by atoms with van der Waals surface area (Å²) in [6.45, 7) is 3.64. The molecule has 5 nitrogen and oxygen atoms in total. The number of imidazole rings is 1. The molecule has 3 heterocycles. The number of ether oxygens (including phenoxy) is 1. The average Bonchev–Trinajstić information content (AvgIpc) is 3.21. The van der Waals surface area contributed by atoms with Crippen molar-refractivity contribution in [1.29, 1.82) is 0 Å². The molecule has 2 aromatic heterocycles. The van der Waals surface area contributed by atoms with Gasteiger partial charge in [0.1, 0.15) is 5.82 Å². The van der Waals surface area contributed by atoms with Crippen LogP contribution in [0.15, 0.2) is 29.9 Å². The van der Waals surface area contributed by atoms with E-state index in [1.807, 2.05) is 23.8 Å². The molecule has 1 saturated heterocycles. The van der Waals surface area contributed by atoms with Crippen molar-refractivity contribution in [1.82, 2.24) is 14.9 Å². The molecule has 2 N–H and O–H groups in total. The van der Waals surface area contributed by atoms with Gasteiger partial charge in [-0.2, -0.15) is 0 Å². The van der Waals surface area contributed by atoms with E-state index in [0.717, 1.165) is 31.8 Å². The number of likely N-dealkylation sites (tertiary alicyclic amines) is 1. The third kappa shape index (κ3) is 4.39. The molecule has 0 saturated carbocycles. The van der Waals surface area contributed by atoms with E-state index in [-0.39, 0.29) is 0 Å². The molecule has 0 radical (unpaired) electrons. The lowest BCUT2D eigenvalue weighted by Crippen LogP contribution is -2.41. The molecule has 22 heavy (non-hydrogen) atoms. The van der Waals surface area contributed by atoms with Crippen molar-refractivity contribution < 1.29 is 9.84 Å². The summed E-state index contributed by atoms with van der Waals surface area (Å²) < 4.78 is 5.60. The third-order valence-electron chi connectivity index (χ3n) is 4.02. The molecule has 1 aliphatic rings. The van der Waals surface area contributed by atoms with E-state index < -0.39 is 6.10 Å². The number of piperidine rings is 1. The topological polar surface area (TPSA) is 61.4 Å². The zero-order chi connectivity index (χ0) is 15.2. The molecule has 2 atom stereocenters. The van der Waals surface area contributed by atoms with E-state index in [0.29, 0.717) is 25.7 Å². The fourth-order valence-electron chi connectivity index (χ4n) is 2.99. The van der Waals surface area contributed by atoms with Gasteiger partial charge >= 0.3 is 0 Å². The lowest BCUT2D eigenvalue weighted by Gasteiger charge is -2.33. The SMILES string of the molecule is O[C@@H](COCc1cccs1)CN1CCC[C@@H](c2ncc[nH]2)C1. The molecule has 3 rings (SSSR count). The van der Waals surface area contributed by atoms with E-state index in [9.17, 15) is 5.11 Å². The van der Waals surface area contributed by atoms with Gasteiger partial charge in [-0.15, -0.1) is 11.3 Å². The summed E-state index contributed by atoms with van der Waals surface area (Å²) in [5.41, 5.74) is 0. The maximum atomic E-state index is 10.2. The number of hydrogen-bond donors (Lipinski definition) is 2. The number of rotatable bonds is 7. The smallest absolute Gasteiger partial charge is 0.110 e. The maximum Gasteiger partial charge on any atom is 0.110 e. The highest BCUT2D eigenvalue weighted by atomic mass is 32.1. The largest absolute Gasteiger partial charge is 0.389 e. The van der Waals surface area contributed by atoms with Crippen molar-refractivity contribution in [2.75, 3.05) is 26.2 Å². The Hall–Kier alpha value is -1.21. The molecular weight excluding hydrogens is 298 g/mol. The minimum atomic E-state index is -0.435. The van der Waals surface area contributed by atoms with E-state index in [4.69, 9.17) is 4.74 Å². The van der Waals surface area contributed by atoms with Crippen molar-refractivity contribution >= 4 is 11.3 Å². The lowest BCUT2D eigenvalue weighted by molar-refractivity contribution is 0.00625. The van der Waals surface area contributed by atoms with Crippen LogP contribution >= 0.6 is 11.3 Å². The Morgan fingerprint density at radius 3 is 3.27 bits per heavy atom. The highest BCUT2D eigenvalue weighted by Crippen LogP contribution is 2.24. The first kappa shape index (κ1) is 15.7. The average molecular weight is 321 g/mol. The standard InChI is InChI=1S/C16H23N3O2S/c20-14(11-21-12-15-4-2-8-22-15)10-19-7-1-3-13(9-19)16-17-5-6-18-16/h2,4-6,8,13-14,20H,1,3,7,9-12H2,(H,17,18)/t13-,14-/m1/s1. The van der Waals surface area contributed by atoms with E-state index in [1.165, 1.54) is 4.88 Å². The van der Waals surface area contributed by atoms with Gasteiger partial charge in [-0.3, -0.25) is 4.90 Å². The van der Waals surface area contributed by atoms with Crippen molar-refractivity contribution in [3.05, 3.63) is 40.6 Å². The number of β-amino-alcohol motifs (C(OH)–C–C–N with tert-alkyl or cyclic N) is 1. The fraction of sp³-hybridized carbons (Fsp3) is 0.562. The maximum absolute atomic E-state index is 10.2. The Labute approximate surface area is 135 Å². The number of aliphatic hydroxyl groups is 1. The Morgan fingerprint density at radius 2 is 2.50 bits per heavy atom. The van der Waals surface area contributed by atoms with Crippen LogP contribution in [0.4, 0.5) is 0 Å². The number of aromatic amines is 1. The van der Waals surface area contributed by atoms with Crippen LogP contribution in [-0.2, 0) is 11.3 Å². The summed E-state index contributed by atoms with van der Waals surface area (Å²) in [6, 6.07) is 4.07. The lowest BCUT2D eigenvalue weighted by atomic mass is 9.97. The highest BCUT2D eigenvalue weighted by molar-refractivity contribution is 7.09. The number of thiophene rings is 1. The zero-order valence-electron chi connectivity index (χ0n) is 12.6. The van der Waals surface area contributed by atoms with Crippen LogP contribution in [0, 0.1) is 0 Å². The van der Waals surface area contributed by atoms with Crippen LogP contribution in [0.5, 0.6) is 0 Å². The number of aromatic nitrogens is 2. The molecule has 1 fully saturated rings. The van der Waals surface area contributed by atoms with Gasteiger partial charge in [0, 0.05) is 36.3 Å². The van der Waals surface area contributed by atoms with E-state index in [1.54, 1.807) is 11.3 Å². The van der Waals surface area contributed by atoms with E-state index >= 15 is 0 Å². The third-order valence-corrected chi connectivity index (χ3v) is 4.87.